The summed E-state index contributed by atoms with van der Waals surface area (Å²) in [6.45, 7) is 6.66. The predicted molar refractivity (Wildman–Crippen MR) is 80.0 cm³/mol. The topological polar surface area (TPSA) is 42.4 Å². The Hall–Kier alpha value is -1.87. The summed E-state index contributed by atoms with van der Waals surface area (Å²) >= 11 is 0. The fraction of sp³-hybridized carbons (Fsp3) is 0.353. The van der Waals surface area contributed by atoms with E-state index in [0.717, 1.165) is 11.1 Å². The van der Waals surface area contributed by atoms with E-state index in [-0.39, 0.29) is 0 Å². The molecule has 3 nitrogen and oxygen atoms in total. The van der Waals surface area contributed by atoms with Crippen LogP contribution in [0.25, 0.3) is 0 Å². The van der Waals surface area contributed by atoms with Crippen LogP contribution in [0.3, 0.4) is 0 Å². The number of nitrogens with zero attached hydrogens (tertiary/aromatic N) is 1. The van der Waals surface area contributed by atoms with Crippen LogP contribution in [-0.4, -0.2) is 16.7 Å². The van der Waals surface area contributed by atoms with Gasteiger partial charge in [-0.15, -0.1) is 0 Å². The molecule has 20 heavy (non-hydrogen) atoms. The zero-order chi connectivity index (χ0) is 14.5. The van der Waals surface area contributed by atoms with E-state index in [2.05, 4.69) is 37.0 Å². The SMILES string of the molecule is CCOc1cncc(C(O)Cc2cc(C)cc(C)c2)c1. The third-order valence-corrected chi connectivity index (χ3v) is 3.14. The van der Waals surface area contributed by atoms with Crippen LogP contribution in [-0.2, 0) is 6.42 Å². The third-order valence-electron chi connectivity index (χ3n) is 3.14. The van der Waals surface area contributed by atoms with Crippen LogP contribution in [0.1, 0.15) is 35.3 Å². The van der Waals surface area contributed by atoms with Crippen molar-refractivity contribution in [2.75, 3.05) is 6.61 Å². The van der Waals surface area contributed by atoms with E-state index in [1.54, 1.807) is 12.4 Å². The molecule has 2 aromatic rings. The molecule has 0 saturated heterocycles. The zero-order valence-corrected chi connectivity index (χ0v) is 12.3. The quantitative estimate of drug-likeness (QED) is 0.906. The minimum atomic E-state index is -0.566. The van der Waals surface area contributed by atoms with Gasteiger partial charge in [-0.05, 0) is 32.4 Å². The zero-order valence-electron chi connectivity index (χ0n) is 12.3. The summed E-state index contributed by atoms with van der Waals surface area (Å²) in [7, 11) is 0. The van der Waals surface area contributed by atoms with Crippen molar-refractivity contribution in [1.82, 2.24) is 4.98 Å². The summed E-state index contributed by atoms with van der Waals surface area (Å²) in [6.07, 6.45) is 3.37. The lowest BCUT2D eigenvalue weighted by Gasteiger charge is -2.13. The van der Waals surface area contributed by atoms with Gasteiger partial charge in [0.25, 0.3) is 0 Å². The van der Waals surface area contributed by atoms with Crippen LogP contribution in [0.15, 0.2) is 36.7 Å². The lowest BCUT2D eigenvalue weighted by atomic mass is 9.99. The van der Waals surface area contributed by atoms with E-state index < -0.39 is 6.10 Å². The molecule has 1 heterocycles. The van der Waals surface area contributed by atoms with Crippen LogP contribution in [0.2, 0.25) is 0 Å². The van der Waals surface area contributed by atoms with Gasteiger partial charge in [0.1, 0.15) is 5.75 Å². The highest BCUT2D eigenvalue weighted by Gasteiger charge is 2.11. The molecular formula is C17H21NO2. The number of aliphatic hydroxyl groups excluding tert-OH is 1. The van der Waals surface area contributed by atoms with Crippen molar-refractivity contribution in [3.8, 4) is 5.75 Å². The van der Waals surface area contributed by atoms with Gasteiger partial charge in [0.2, 0.25) is 0 Å². The van der Waals surface area contributed by atoms with Gasteiger partial charge in [-0.3, -0.25) is 4.98 Å². The molecule has 0 bridgehead atoms. The summed E-state index contributed by atoms with van der Waals surface area (Å²) in [5.41, 5.74) is 4.36. The monoisotopic (exact) mass is 271 g/mol. The molecular weight excluding hydrogens is 250 g/mol. The molecule has 2 rings (SSSR count). The lowest BCUT2D eigenvalue weighted by Crippen LogP contribution is -2.04. The van der Waals surface area contributed by atoms with Crippen LogP contribution in [0.5, 0.6) is 5.75 Å². The van der Waals surface area contributed by atoms with Crippen molar-refractivity contribution >= 4 is 0 Å². The van der Waals surface area contributed by atoms with Crippen LogP contribution in [0, 0.1) is 13.8 Å². The molecule has 1 atom stereocenters. The maximum atomic E-state index is 10.4. The van der Waals surface area contributed by atoms with E-state index in [9.17, 15) is 5.11 Å². The smallest absolute Gasteiger partial charge is 0.137 e. The molecule has 0 aliphatic heterocycles. The minimum absolute atomic E-state index is 0.566. The van der Waals surface area contributed by atoms with Crippen LogP contribution in [0.4, 0.5) is 0 Å². The molecule has 1 unspecified atom stereocenters. The number of aryl methyl sites for hydroxylation is 2. The van der Waals surface area contributed by atoms with Crippen LogP contribution >= 0.6 is 0 Å². The largest absolute Gasteiger partial charge is 0.492 e. The molecule has 1 aromatic heterocycles. The Bertz CT molecular complexity index is 561. The first-order valence-corrected chi connectivity index (χ1v) is 6.91. The van der Waals surface area contributed by atoms with Gasteiger partial charge < -0.3 is 9.84 Å². The maximum absolute atomic E-state index is 10.4. The van der Waals surface area contributed by atoms with Gasteiger partial charge in [0.05, 0.1) is 18.9 Å². The first-order chi connectivity index (χ1) is 9.58. The molecule has 0 aliphatic carbocycles. The summed E-state index contributed by atoms with van der Waals surface area (Å²) in [6, 6.07) is 8.20. The van der Waals surface area contributed by atoms with Crippen molar-refractivity contribution in [3.05, 3.63) is 58.9 Å². The minimum Gasteiger partial charge on any atom is -0.492 e. The highest BCUT2D eigenvalue weighted by atomic mass is 16.5. The highest BCUT2D eigenvalue weighted by molar-refractivity contribution is 5.31. The van der Waals surface area contributed by atoms with Gasteiger partial charge in [-0.25, -0.2) is 0 Å². The Labute approximate surface area is 120 Å². The second-order valence-corrected chi connectivity index (χ2v) is 5.10. The van der Waals surface area contributed by atoms with E-state index in [1.165, 1.54) is 11.1 Å². The summed E-state index contributed by atoms with van der Waals surface area (Å²) < 4.78 is 5.41. The van der Waals surface area contributed by atoms with Gasteiger partial charge >= 0.3 is 0 Å². The Kier molecular flexibility index (Phi) is 4.74. The number of hydrogen-bond acceptors (Lipinski definition) is 3. The van der Waals surface area contributed by atoms with Crippen molar-refractivity contribution in [2.24, 2.45) is 0 Å². The second kappa shape index (κ2) is 6.53. The number of hydrogen-bond donors (Lipinski definition) is 1. The van der Waals surface area contributed by atoms with Gasteiger partial charge in [0.15, 0.2) is 0 Å². The number of pyridine rings is 1. The Morgan fingerprint density at radius 2 is 1.80 bits per heavy atom. The molecule has 0 amide bonds. The van der Waals surface area contributed by atoms with Crippen molar-refractivity contribution < 1.29 is 9.84 Å². The van der Waals surface area contributed by atoms with Crippen molar-refractivity contribution in [2.45, 2.75) is 33.3 Å². The Morgan fingerprint density at radius 3 is 2.45 bits per heavy atom. The molecule has 106 valence electrons. The van der Waals surface area contributed by atoms with E-state index in [0.29, 0.717) is 18.8 Å². The molecule has 0 spiro atoms. The third kappa shape index (κ3) is 3.81. The van der Waals surface area contributed by atoms with Gasteiger partial charge in [0, 0.05) is 18.2 Å². The van der Waals surface area contributed by atoms with E-state index in [4.69, 9.17) is 4.74 Å². The molecule has 1 N–H and O–H groups in total. The summed E-state index contributed by atoms with van der Waals surface area (Å²) in [4.78, 5) is 4.12. The number of benzene rings is 1. The van der Waals surface area contributed by atoms with Crippen molar-refractivity contribution in [3.63, 3.8) is 0 Å². The van der Waals surface area contributed by atoms with Crippen LogP contribution < -0.4 is 4.74 Å². The highest BCUT2D eigenvalue weighted by Crippen LogP contribution is 2.22. The summed E-state index contributed by atoms with van der Waals surface area (Å²) in [5.74, 6) is 0.699. The lowest BCUT2D eigenvalue weighted by molar-refractivity contribution is 0.177. The summed E-state index contributed by atoms with van der Waals surface area (Å²) in [5, 5.41) is 10.4. The fourth-order valence-corrected chi connectivity index (χ4v) is 2.39. The van der Waals surface area contributed by atoms with E-state index >= 15 is 0 Å². The molecule has 3 heteroatoms. The van der Waals surface area contributed by atoms with Gasteiger partial charge in [-0.1, -0.05) is 29.3 Å². The molecule has 1 aromatic carbocycles. The predicted octanol–water partition coefficient (Wildman–Crippen LogP) is 3.37. The molecule has 0 aliphatic rings. The van der Waals surface area contributed by atoms with Crippen molar-refractivity contribution in [1.29, 1.82) is 0 Å². The second-order valence-electron chi connectivity index (χ2n) is 5.10. The molecule has 0 radical (unpaired) electrons. The number of aliphatic hydroxyl groups is 1. The van der Waals surface area contributed by atoms with Gasteiger partial charge in [-0.2, -0.15) is 0 Å². The average Bonchev–Trinajstić information content (AvgIpc) is 2.38. The number of rotatable bonds is 5. The average molecular weight is 271 g/mol. The first-order valence-electron chi connectivity index (χ1n) is 6.91. The first kappa shape index (κ1) is 14.5. The molecule has 0 fully saturated rings. The Morgan fingerprint density at radius 1 is 1.10 bits per heavy atom. The number of aromatic nitrogens is 1. The molecule has 0 saturated carbocycles. The number of ether oxygens (including phenoxy) is 1. The normalized spacial score (nSPS) is 12.2. The standard InChI is InChI=1S/C17H21NO2/c1-4-20-16-9-15(10-18-11-16)17(19)8-14-6-12(2)5-13(3)7-14/h5-7,9-11,17,19H,4,8H2,1-3H3. The maximum Gasteiger partial charge on any atom is 0.137 e. The van der Waals surface area contributed by atoms with E-state index in [1.807, 2.05) is 13.0 Å². The Balaban J connectivity index is 2.14. The fourth-order valence-electron chi connectivity index (χ4n) is 2.39.